The highest BCUT2D eigenvalue weighted by atomic mass is 19.4. The summed E-state index contributed by atoms with van der Waals surface area (Å²) in [6, 6.07) is 5.33. The molecule has 0 saturated heterocycles. The molecule has 0 spiro atoms. The molecular weight excluding hydrogens is 391 g/mol. The SMILES string of the molecule is CC1=C(C(=O)[O-])C(c2cccc3c(=O)cc(C)oc23)C(C(=O)C(F)(F)F)=C(C)N1. The lowest BCUT2D eigenvalue weighted by molar-refractivity contribution is -0.299. The Morgan fingerprint density at radius 3 is 2.31 bits per heavy atom. The summed E-state index contributed by atoms with van der Waals surface area (Å²) in [6.07, 6.45) is -5.24. The predicted octanol–water partition coefficient (Wildman–Crippen LogP) is 2.22. The van der Waals surface area contributed by atoms with E-state index < -0.39 is 40.4 Å². The van der Waals surface area contributed by atoms with Gasteiger partial charge < -0.3 is 19.6 Å². The van der Waals surface area contributed by atoms with Gasteiger partial charge >= 0.3 is 6.18 Å². The Morgan fingerprint density at radius 2 is 1.72 bits per heavy atom. The molecule has 1 unspecified atom stereocenters. The molecule has 1 N–H and O–H groups in total. The van der Waals surface area contributed by atoms with Gasteiger partial charge in [0.05, 0.1) is 11.4 Å². The molecule has 6 nitrogen and oxygen atoms in total. The number of halogens is 3. The van der Waals surface area contributed by atoms with Crippen LogP contribution in [0, 0.1) is 6.92 Å². The standard InChI is InChI=1S/C20H16F3NO5/c1-8-7-13(25)11-5-4-6-12(17(11)29-8)16-14(18(26)20(21,22)23)9(2)24-10(3)15(16)19(27)28/h4-7,16,24H,1-3H3,(H,27,28)/p-1. The lowest BCUT2D eigenvalue weighted by atomic mass is 9.78. The fourth-order valence-electron chi connectivity index (χ4n) is 3.57. The summed E-state index contributed by atoms with van der Waals surface area (Å²) in [5, 5.41) is 14.4. The normalized spacial score (nSPS) is 17.5. The van der Waals surface area contributed by atoms with E-state index in [1.54, 1.807) is 0 Å². The minimum atomic E-state index is -5.24. The second kappa shape index (κ2) is 6.91. The molecule has 1 aliphatic heterocycles. The summed E-state index contributed by atoms with van der Waals surface area (Å²) < 4.78 is 45.5. The Bertz CT molecular complexity index is 1170. The Kier molecular flexibility index (Phi) is 4.86. The van der Waals surface area contributed by atoms with Crippen molar-refractivity contribution in [2.75, 3.05) is 0 Å². The van der Waals surface area contributed by atoms with Crippen molar-refractivity contribution in [3.63, 3.8) is 0 Å². The van der Waals surface area contributed by atoms with E-state index in [1.165, 1.54) is 45.0 Å². The van der Waals surface area contributed by atoms with Gasteiger partial charge in [-0.2, -0.15) is 13.2 Å². The van der Waals surface area contributed by atoms with Gasteiger partial charge in [0, 0.05) is 40.1 Å². The fourth-order valence-corrected chi connectivity index (χ4v) is 3.57. The highest BCUT2D eigenvalue weighted by molar-refractivity contribution is 6.06. The van der Waals surface area contributed by atoms with Crippen molar-refractivity contribution in [3.05, 3.63) is 68.4 Å². The van der Waals surface area contributed by atoms with Crippen LogP contribution in [0.2, 0.25) is 0 Å². The zero-order valence-electron chi connectivity index (χ0n) is 15.6. The van der Waals surface area contributed by atoms with Crippen LogP contribution in [0.25, 0.3) is 11.0 Å². The molecule has 0 saturated carbocycles. The number of carboxylic acid groups (broad SMARTS) is 1. The molecule has 3 rings (SSSR count). The molecule has 1 atom stereocenters. The molecule has 1 aliphatic rings. The van der Waals surface area contributed by atoms with Gasteiger partial charge in [-0.1, -0.05) is 12.1 Å². The Hall–Kier alpha value is -3.36. The number of aryl methyl sites for hydroxylation is 1. The number of carbonyl (C=O) groups is 2. The number of alkyl halides is 3. The highest BCUT2D eigenvalue weighted by Crippen LogP contribution is 2.43. The van der Waals surface area contributed by atoms with Crippen LogP contribution in [-0.4, -0.2) is 17.9 Å². The number of ketones is 1. The maximum Gasteiger partial charge on any atom is 0.454 e. The van der Waals surface area contributed by atoms with Crippen molar-refractivity contribution >= 4 is 22.7 Å². The molecule has 1 aromatic carbocycles. The molecular formula is C20H15F3NO5-. The monoisotopic (exact) mass is 406 g/mol. The maximum atomic E-state index is 13.3. The fraction of sp³-hybridized carbons (Fsp3) is 0.250. The van der Waals surface area contributed by atoms with Crippen LogP contribution < -0.4 is 15.9 Å². The van der Waals surface area contributed by atoms with E-state index in [2.05, 4.69) is 5.32 Å². The summed E-state index contributed by atoms with van der Waals surface area (Å²) in [4.78, 5) is 36.3. The van der Waals surface area contributed by atoms with Crippen molar-refractivity contribution in [3.8, 4) is 0 Å². The zero-order chi connectivity index (χ0) is 21.7. The van der Waals surface area contributed by atoms with E-state index in [1.807, 2.05) is 0 Å². The van der Waals surface area contributed by atoms with Crippen molar-refractivity contribution in [2.24, 2.45) is 0 Å². The quantitative estimate of drug-likeness (QED) is 0.839. The molecule has 0 amide bonds. The summed E-state index contributed by atoms with van der Waals surface area (Å²) in [7, 11) is 0. The van der Waals surface area contributed by atoms with E-state index in [0.717, 1.165) is 0 Å². The van der Waals surface area contributed by atoms with Crippen LogP contribution in [0.1, 0.15) is 31.1 Å². The minimum absolute atomic E-state index is 0.0261. The number of allylic oxidation sites excluding steroid dienone is 3. The number of aliphatic carboxylic acids is 1. The third-order valence-electron chi connectivity index (χ3n) is 4.70. The summed E-state index contributed by atoms with van der Waals surface area (Å²) in [6.45, 7) is 4.07. The van der Waals surface area contributed by atoms with Crippen molar-refractivity contribution in [1.29, 1.82) is 0 Å². The third-order valence-corrected chi connectivity index (χ3v) is 4.70. The molecule has 0 bridgehead atoms. The molecule has 0 fully saturated rings. The first kappa shape index (κ1) is 20.4. The summed E-state index contributed by atoms with van der Waals surface area (Å²) in [5.74, 6) is -5.38. The number of carbonyl (C=O) groups excluding carboxylic acids is 2. The minimum Gasteiger partial charge on any atom is -0.545 e. The Labute approximate surface area is 162 Å². The van der Waals surface area contributed by atoms with Gasteiger partial charge in [-0.3, -0.25) is 9.59 Å². The average molecular weight is 406 g/mol. The van der Waals surface area contributed by atoms with E-state index in [-0.39, 0.29) is 33.7 Å². The highest BCUT2D eigenvalue weighted by Gasteiger charge is 2.47. The number of hydrogen-bond donors (Lipinski definition) is 1. The molecule has 29 heavy (non-hydrogen) atoms. The first-order valence-corrected chi connectivity index (χ1v) is 8.48. The predicted molar refractivity (Wildman–Crippen MR) is 94.6 cm³/mol. The number of benzene rings is 1. The number of dihydropyridines is 1. The Morgan fingerprint density at radius 1 is 1.10 bits per heavy atom. The van der Waals surface area contributed by atoms with Gasteiger partial charge in [0.25, 0.3) is 5.78 Å². The van der Waals surface area contributed by atoms with Gasteiger partial charge in [0.15, 0.2) is 5.43 Å². The topological polar surface area (TPSA) is 99.4 Å². The van der Waals surface area contributed by atoms with Crippen LogP contribution in [0.4, 0.5) is 13.2 Å². The van der Waals surface area contributed by atoms with Crippen LogP contribution in [0.5, 0.6) is 0 Å². The smallest absolute Gasteiger partial charge is 0.454 e. The van der Waals surface area contributed by atoms with E-state index >= 15 is 0 Å². The van der Waals surface area contributed by atoms with Crippen LogP contribution in [0.3, 0.4) is 0 Å². The van der Waals surface area contributed by atoms with Crippen molar-refractivity contribution in [1.82, 2.24) is 5.32 Å². The lowest BCUT2D eigenvalue weighted by Gasteiger charge is -2.33. The van der Waals surface area contributed by atoms with E-state index in [0.29, 0.717) is 0 Å². The molecule has 2 aromatic rings. The number of carboxylic acids is 1. The van der Waals surface area contributed by atoms with Crippen LogP contribution in [0.15, 0.2) is 56.0 Å². The molecule has 0 radical (unpaired) electrons. The van der Waals surface area contributed by atoms with Gasteiger partial charge in [-0.15, -0.1) is 0 Å². The zero-order valence-corrected chi connectivity index (χ0v) is 15.6. The molecule has 0 aliphatic carbocycles. The van der Waals surface area contributed by atoms with E-state index in [9.17, 15) is 32.7 Å². The summed E-state index contributed by atoms with van der Waals surface area (Å²) in [5.41, 5.74) is -2.03. The molecule has 2 heterocycles. The number of para-hydroxylation sites is 1. The van der Waals surface area contributed by atoms with Gasteiger partial charge in [-0.25, -0.2) is 0 Å². The Balaban J connectivity index is 2.42. The molecule has 1 aromatic heterocycles. The number of fused-ring (bicyclic) bond motifs is 1. The molecule has 9 heteroatoms. The second-order valence-corrected chi connectivity index (χ2v) is 6.69. The number of Topliss-reactive ketones (excluding diaryl/α,β-unsaturated/α-hetero) is 1. The van der Waals surface area contributed by atoms with Gasteiger partial charge in [-0.05, 0) is 26.8 Å². The van der Waals surface area contributed by atoms with Crippen molar-refractivity contribution in [2.45, 2.75) is 32.9 Å². The van der Waals surface area contributed by atoms with Gasteiger partial charge in [0.2, 0.25) is 0 Å². The van der Waals surface area contributed by atoms with Gasteiger partial charge in [0.1, 0.15) is 11.3 Å². The number of hydrogen-bond acceptors (Lipinski definition) is 6. The van der Waals surface area contributed by atoms with E-state index in [4.69, 9.17) is 4.42 Å². The molecule has 152 valence electrons. The third kappa shape index (κ3) is 3.43. The number of rotatable bonds is 3. The van der Waals surface area contributed by atoms with Crippen LogP contribution in [-0.2, 0) is 9.59 Å². The largest absolute Gasteiger partial charge is 0.545 e. The first-order valence-electron chi connectivity index (χ1n) is 8.48. The first-order chi connectivity index (χ1) is 13.4. The maximum absolute atomic E-state index is 13.3. The second-order valence-electron chi connectivity index (χ2n) is 6.69. The number of nitrogens with one attached hydrogen (secondary N) is 1. The van der Waals surface area contributed by atoms with Crippen LogP contribution >= 0.6 is 0 Å². The summed E-state index contributed by atoms with van der Waals surface area (Å²) >= 11 is 0. The van der Waals surface area contributed by atoms with Crippen molar-refractivity contribution < 1.29 is 32.3 Å². The average Bonchev–Trinajstić information content (AvgIpc) is 2.59. The lowest BCUT2D eigenvalue weighted by Crippen LogP contribution is -2.39.